The Hall–Kier alpha value is -1.40. The van der Waals surface area contributed by atoms with Crippen LogP contribution in [0.2, 0.25) is 5.28 Å². The first-order valence-corrected chi connectivity index (χ1v) is 6.91. The second-order valence-corrected chi connectivity index (χ2v) is 5.36. The summed E-state index contributed by atoms with van der Waals surface area (Å²) in [7, 11) is 1.77. The van der Waals surface area contributed by atoms with Gasteiger partial charge in [-0.3, -0.25) is 0 Å². The highest BCUT2D eigenvalue weighted by Crippen LogP contribution is 2.26. The molecule has 1 aliphatic heterocycles. The number of nitrogens with zero attached hydrogens (tertiary/aromatic N) is 4. The van der Waals surface area contributed by atoms with E-state index in [0.717, 1.165) is 19.5 Å². The van der Waals surface area contributed by atoms with Crippen LogP contribution in [0.4, 0.5) is 11.9 Å². The van der Waals surface area contributed by atoms with Gasteiger partial charge in [-0.1, -0.05) is 0 Å². The Morgan fingerprint density at radius 2 is 2.28 bits per heavy atom. The Morgan fingerprint density at radius 1 is 1.39 bits per heavy atom. The maximum atomic E-state index is 5.90. The summed E-state index contributed by atoms with van der Waals surface area (Å²) in [5.41, 5.74) is 1.36. The van der Waals surface area contributed by atoms with Crippen LogP contribution >= 0.6 is 22.9 Å². The number of anilines is 2. The quantitative estimate of drug-likeness (QED) is 0.914. The molecule has 0 saturated heterocycles. The standard InChI is InChI=1S/C11H12ClN5S/c1-13-10-14-9(12)15-11(16-10)17-4-2-8-7(6-17)3-5-18-8/h3,5H,2,4,6H2,1H3,(H,13,14,15,16). The summed E-state index contributed by atoms with van der Waals surface area (Å²) in [5, 5.41) is 5.25. The third kappa shape index (κ3) is 2.13. The zero-order chi connectivity index (χ0) is 12.5. The molecule has 0 saturated carbocycles. The number of fused-ring (bicyclic) bond motifs is 1. The number of nitrogens with one attached hydrogen (secondary N) is 1. The van der Waals surface area contributed by atoms with Gasteiger partial charge in [0.05, 0.1) is 0 Å². The summed E-state index contributed by atoms with van der Waals surface area (Å²) in [6.07, 6.45) is 1.03. The van der Waals surface area contributed by atoms with Crippen molar-refractivity contribution in [3.63, 3.8) is 0 Å². The molecule has 5 nitrogen and oxygen atoms in total. The summed E-state index contributed by atoms with van der Waals surface area (Å²) in [5.74, 6) is 1.14. The first-order valence-electron chi connectivity index (χ1n) is 5.66. The van der Waals surface area contributed by atoms with Crippen molar-refractivity contribution in [2.24, 2.45) is 0 Å². The van der Waals surface area contributed by atoms with Gasteiger partial charge in [-0.25, -0.2) is 0 Å². The minimum absolute atomic E-state index is 0.223. The van der Waals surface area contributed by atoms with Gasteiger partial charge in [0.25, 0.3) is 0 Å². The minimum atomic E-state index is 0.223. The molecule has 0 bridgehead atoms. The summed E-state index contributed by atoms with van der Waals surface area (Å²) in [6.45, 7) is 1.75. The van der Waals surface area contributed by atoms with Crippen LogP contribution in [0.15, 0.2) is 11.4 Å². The molecule has 2 aromatic heterocycles. The third-order valence-electron chi connectivity index (χ3n) is 2.91. The highest BCUT2D eigenvalue weighted by Gasteiger charge is 2.20. The Bertz CT molecular complexity index is 570. The molecule has 0 fully saturated rings. The minimum Gasteiger partial charge on any atom is -0.357 e. The van der Waals surface area contributed by atoms with Gasteiger partial charge >= 0.3 is 0 Å². The van der Waals surface area contributed by atoms with E-state index in [9.17, 15) is 0 Å². The molecule has 0 atom stereocenters. The molecule has 2 aromatic rings. The van der Waals surface area contributed by atoms with Crippen LogP contribution < -0.4 is 10.2 Å². The van der Waals surface area contributed by atoms with E-state index in [1.165, 1.54) is 10.4 Å². The predicted molar refractivity (Wildman–Crippen MR) is 73.5 cm³/mol. The van der Waals surface area contributed by atoms with Crippen molar-refractivity contribution in [2.75, 3.05) is 23.8 Å². The number of halogens is 1. The van der Waals surface area contributed by atoms with Crippen LogP contribution in [-0.2, 0) is 13.0 Å². The van der Waals surface area contributed by atoms with E-state index in [1.807, 2.05) is 11.3 Å². The van der Waals surface area contributed by atoms with Crippen LogP contribution in [0.1, 0.15) is 10.4 Å². The van der Waals surface area contributed by atoms with E-state index in [4.69, 9.17) is 11.6 Å². The molecule has 0 aliphatic carbocycles. The SMILES string of the molecule is CNc1nc(Cl)nc(N2CCc3sccc3C2)n1. The Morgan fingerprint density at radius 3 is 3.11 bits per heavy atom. The van der Waals surface area contributed by atoms with E-state index >= 15 is 0 Å². The molecule has 3 rings (SSSR count). The number of rotatable bonds is 2. The van der Waals surface area contributed by atoms with Crippen molar-refractivity contribution in [3.8, 4) is 0 Å². The number of hydrogen-bond acceptors (Lipinski definition) is 6. The number of hydrogen-bond donors (Lipinski definition) is 1. The molecule has 0 unspecified atom stereocenters. The van der Waals surface area contributed by atoms with E-state index in [-0.39, 0.29) is 5.28 Å². The van der Waals surface area contributed by atoms with Crippen molar-refractivity contribution in [1.82, 2.24) is 15.0 Å². The summed E-state index contributed by atoms with van der Waals surface area (Å²) in [4.78, 5) is 16.1. The van der Waals surface area contributed by atoms with Crippen molar-refractivity contribution < 1.29 is 0 Å². The van der Waals surface area contributed by atoms with Crippen molar-refractivity contribution in [2.45, 2.75) is 13.0 Å². The van der Waals surface area contributed by atoms with Gasteiger partial charge in [-0.15, -0.1) is 11.3 Å². The Labute approximate surface area is 114 Å². The maximum Gasteiger partial charge on any atom is 0.231 e. The molecule has 1 N–H and O–H groups in total. The zero-order valence-corrected chi connectivity index (χ0v) is 11.4. The first-order chi connectivity index (χ1) is 8.76. The molecule has 7 heteroatoms. The predicted octanol–water partition coefficient (Wildman–Crippen LogP) is 2.19. The van der Waals surface area contributed by atoms with Crippen LogP contribution in [-0.4, -0.2) is 28.5 Å². The molecule has 18 heavy (non-hydrogen) atoms. The second-order valence-electron chi connectivity index (χ2n) is 4.02. The van der Waals surface area contributed by atoms with Crippen molar-refractivity contribution >= 4 is 34.8 Å². The van der Waals surface area contributed by atoms with Gasteiger partial charge in [0.15, 0.2) is 0 Å². The van der Waals surface area contributed by atoms with Gasteiger partial charge in [0.1, 0.15) is 0 Å². The van der Waals surface area contributed by atoms with Gasteiger partial charge in [0, 0.05) is 25.0 Å². The van der Waals surface area contributed by atoms with Crippen molar-refractivity contribution in [3.05, 3.63) is 27.2 Å². The zero-order valence-electron chi connectivity index (χ0n) is 9.85. The fourth-order valence-electron chi connectivity index (χ4n) is 2.01. The smallest absolute Gasteiger partial charge is 0.231 e. The summed E-state index contributed by atoms with van der Waals surface area (Å²) < 4.78 is 0. The monoisotopic (exact) mass is 281 g/mol. The van der Waals surface area contributed by atoms with E-state index in [0.29, 0.717) is 11.9 Å². The first kappa shape index (κ1) is 11.7. The lowest BCUT2D eigenvalue weighted by Gasteiger charge is -2.26. The van der Waals surface area contributed by atoms with Crippen LogP contribution in [0.3, 0.4) is 0 Å². The lowest BCUT2D eigenvalue weighted by atomic mass is 10.1. The average Bonchev–Trinajstić information content (AvgIpc) is 2.85. The largest absolute Gasteiger partial charge is 0.357 e. The fourth-order valence-corrected chi connectivity index (χ4v) is 3.06. The Balaban J connectivity index is 1.90. The lowest BCUT2D eigenvalue weighted by molar-refractivity contribution is 0.715. The van der Waals surface area contributed by atoms with E-state index in [1.54, 1.807) is 7.05 Å². The molecule has 94 valence electrons. The molecular weight excluding hydrogens is 270 g/mol. The van der Waals surface area contributed by atoms with Crippen LogP contribution in [0.5, 0.6) is 0 Å². The molecule has 1 aliphatic rings. The second kappa shape index (κ2) is 4.70. The summed E-state index contributed by atoms with van der Waals surface area (Å²) in [6, 6.07) is 2.16. The third-order valence-corrected chi connectivity index (χ3v) is 4.10. The van der Waals surface area contributed by atoms with E-state index in [2.05, 4.69) is 36.6 Å². The molecule has 0 aromatic carbocycles. The Kier molecular flexibility index (Phi) is 3.05. The van der Waals surface area contributed by atoms with Crippen LogP contribution in [0.25, 0.3) is 0 Å². The lowest BCUT2D eigenvalue weighted by Crippen LogP contribution is -2.31. The molecule has 3 heterocycles. The van der Waals surface area contributed by atoms with E-state index < -0.39 is 0 Å². The van der Waals surface area contributed by atoms with Gasteiger partial charge < -0.3 is 10.2 Å². The van der Waals surface area contributed by atoms with Gasteiger partial charge in [-0.05, 0) is 35.0 Å². The highest BCUT2D eigenvalue weighted by atomic mass is 35.5. The van der Waals surface area contributed by atoms with Crippen LogP contribution in [0, 0.1) is 0 Å². The summed E-state index contributed by atoms with van der Waals surface area (Å²) >= 11 is 7.72. The highest BCUT2D eigenvalue weighted by molar-refractivity contribution is 7.10. The number of aromatic nitrogens is 3. The normalized spacial score (nSPS) is 14.4. The molecule has 0 spiro atoms. The molecule has 0 amide bonds. The molecule has 0 radical (unpaired) electrons. The topological polar surface area (TPSA) is 53.9 Å². The number of thiophene rings is 1. The molecular formula is C11H12ClN5S. The average molecular weight is 282 g/mol. The fraction of sp³-hybridized carbons (Fsp3) is 0.364. The van der Waals surface area contributed by atoms with Gasteiger partial charge in [-0.2, -0.15) is 15.0 Å². The maximum absolute atomic E-state index is 5.90. The van der Waals surface area contributed by atoms with Gasteiger partial charge in [0.2, 0.25) is 17.2 Å². The van der Waals surface area contributed by atoms with Crippen molar-refractivity contribution in [1.29, 1.82) is 0 Å².